The maximum atomic E-state index is 15.0. The minimum atomic E-state index is -4.73. The zero-order valence-electron chi connectivity index (χ0n) is 14.3. The number of anilines is 1. The molecule has 0 saturated carbocycles. The van der Waals surface area contributed by atoms with Gasteiger partial charge in [-0.05, 0) is 36.5 Å². The number of aryl methyl sites for hydroxylation is 1. The van der Waals surface area contributed by atoms with Crippen LogP contribution in [0.25, 0.3) is 0 Å². The molecule has 1 heterocycles. The fourth-order valence-electron chi connectivity index (χ4n) is 3.33. The van der Waals surface area contributed by atoms with Crippen LogP contribution in [0.1, 0.15) is 17.5 Å². The van der Waals surface area contributed by atoms with Crippen molar-refractivity contribution in [1.82, 2.24) is 10.0 Å². The van der Waals surface area contributed by atoms with Crippen LogP contribution < -0.4 is 14.3 Å². The van der Waals surface area contributed by atoms with Crippen LogP contribution >= 0.6 is 0 Å². The highest BCUT2D eigenvalue weighted by atomic mass is 32.2. The van der Waals surface area contributed by atoms with Gasteiger partial charge in [-0.25, -0.2) is 13.4 Å². The fraction of sp³-hybridized carbons (Fsp3) is 0.533. The van der Waals surface area contributed by atoms with E-state index < -0.39 is 52.9 Å². The van der Waals surface area contributed by atoms with Crippen LogP contribution in [-0.4, -0.2) is 51.5 Å². The van der Waals surface area contributed by atoms with E-state index in [0.717, 1.165) is 0 Å². The van der Waals surface area contributed by atoms with Crippen molar-refractivity contribution in [3.8, 4) is 5.75 Å². The number of phenolic OH excluding ortho intramolecular Hbond substituents is 1. The summed E-state index contributed by atoms with van der Waals surface area (Å²) in [6.07, 6.45) is -3.83. The van der Waals surface area contributed by atoms with E-state index in [0.29, 0.717) is 22.7 Å². The van der Waals surface area contributed by atoms with Crippen LogP contribution in [0.15, 0.2) is 6.07 Å². The molecule has 2 aliphatic rings. The number of carbonyl (C=O) groups is 1. The average molecular weight is 427 g/mol. The summed E-state index contributed by atoms with van der Waals surface area (Å²) in [5.41, 5.74) is -0.0137. The third-order valence-electron chi connectivity index (χ3n) is 4.50. The van der Waals surface area contributed by atoms with Crippen LogP contribution in [0.2, 0.25) is 0 Å². The Morgan fingerprint density at radius 2 is 2.11 bits per heavy atom. The molecule has 0 radical (unpaired) electrons. The van der Waals surface area contributed by atoms with Crippen LogP contribution in [-0.2, 0) is 32.6 Å². The Labute approximate surface area is 157 Å². The van der Waals surface area contributed by atoms with E-state index in [1.54, 1.807) is 4.72 Å². The van der Waals surface area contributed by atoms with Gasteiger partial charge in [-0.3, -0.25) is 9.53 Å². The number of hydrogen-bond donors (Lipinski definition) is 3. The van der Waals surface area contributed by atoms with Gasteiger partial charge in [-0.15, -0.1) is 13.2 Å². The molecular weight excluding hydrogens is 410 g/mol. The molecule has 0 bridgehead atoms. The van der Waals surface area contributed by atoms with Crippen LogP contribution in [0, 0.1) is 5.82 Å². The Hall–Kier alpha value is -2.12. The van der Waals surface area contributed by atoms with Gasteiger partial charge in [-0.2, -0.15) is 8.42 Å². The number of carbonyl (C=O) groups excluding carboxylic acids is 1. The quantitative estimate of drug-likeness (QED) is 0.472. The van der Waals surface area contributed by atoms with Gasteiger partial charge in [0.05, 0.1) is 6.61 Å². The van der Waals surface area contributed by atoms with Crippen LogP contribution in [0.3, 0.4) is 0 Å². The molecule has 1 aromatic carbocycles. The Morgan fingerprint density at radius 1 is 1.39 bits per heavy atom. The number of rotatable bonds is 5. The molecule has 0 aromatic heterocycles. The lowest BCUT2D eigenvalue weighted by molar-refractivity contribution is -0.323. The summed E-state index contributed by atoms with van der Waals surface area (Å²) in [6.45, 7) is -1.37. The van der Waals surface area contributed by atoms with E-state index in [2.05, 4.69) is 10.1 Å². The Morgan fingerprint density at radius 3 is 2.71 bits per heavy atom. The lowest BCUT2D eigenvalue weighted by atomic mass is 9.87. The van der Waals surface area contributed by atoms with Crippen molar-refractivity contribution in [3.63, 3.8) is 0 Å². The highest BCUT2D eigenvalue weighted by molar-refractivity contribution is 7.92. The largest absolute Gasteiger partial charge is 0.522 e. The first-order valence-electron chi connectivity index (χ1n) is 8.28. The van der Waals surface area contributed by atoms with Crippen LogP contribution in [0.5, 0.6) is 5.75 Å². The minimum Gasteiger partial charge on any atom is -0.506 e. The molecule has 156 valence electrons. The first-order valence-corrected chi connectivity index (χ1v) is 9.72. The number of phenols is 1. The Balaban J connectivity index is 1.78. The van der Waals surface area contributed by atoms with Crippen molar-refractivity contribution < 1.29 is 40.6 Å². The molecule has 1 atom stereocenters. The van der Waals surface area contributed by atoms with Crippen molar-refractivity contribution in [2.24, 2.45) is 0 Å². The number of fused-ring (bicyclic) bond motifs is 1. The molecule has 3 rings (SSSR count). The topological polar surface area (TPSA) is 108 Å². The van der Waals surface area contributed by atoms with Crippen molar-refractivity contribution in [2.75, 3.05) is 24.0 Å². The number of ether oxygens (including phenoxy) is 1. The summed E-state index contributed by atoms with van der Waals surface area (Å²) in [5.74, 6) is -2.45. The molecule has 0 spiro atoms. The summed E-state index contributed by atoms with van der Waals surface area (Å²) in [5, 5.41) is 13.0. The van der Waals surface area contributed by atoms with E-state index in [-0.39, 0.29) is 24.6 Å². The van der Waals surface area contributed by atoms with E-state index in [4.69, 9.17) is 0 Å². The van der Waals surface area contributed by atoms with Crippen molar-refractivity contribution in [2.45, 2.75) is 31.7 Å². The molecule has 1 unspecified atom stereocenters. The molecule has 13 heteroatoms. The predicted octanol–water partition coefficient (Wildman–Crippen LogP) is 0.696. The van der Waals surface area contributed by atoms with Crippen molar-refractivity contribution >= 4 is 21.8 Å². The van der Waals surface area contributed by atoms with Crippen molar-refractivity contribution in [1.29, 1.82) is 0 Å². The molecule has 1 aromatic rings. The fourth-order valence-corrected chi connectivity index (χ4v) is 4.49. The normalized spacial score (nSPS) is 21.5. The maximum Gasteiger partial charge on any atom is 0.522 e. The van der Waals surface area contributed by atoms with E-state index in [1.165, 1.54) is 6.07 Å². The predicted molar refractivity (Wildman–Crippen MR) is 88.3 cm³/mol. The van der Waals surface area contributed by atoms with Gasteiger partial charge in [0.15, 0.2) is 5.82 Å². The smallest absolute Gasteiger partial charge is 0.506 e. The van der Waals surface area contributed by atoms with Crippen LogP contribution in [0.4, 0.5) is 23.2 Å². The minimum absolute atomic E-state index is 0.0791. The first kappa shape index (κ1) is 20.6. The summed E-state index contributed by atoms with van der Waals surface area (Å²) in [7, 11) is -4.31. The standard InChI is InChI=1S/C15H17F4N3O5S/c16-13-10-6-9(20-3-4-27-15(17,18)19)2-1-8(10)5-11(23)14(13)22-7-12(24)21-28(22,25)26/h5,9,20,23H,1-4,6-7H2,(H,21,24). The van der Waals surface area contributed by atoms with Gasteiger partial charge < -0.3 is 10.4 Å². The second-order valence-corrected chi connectivity index (χ2v) is 8.02. The average Bonchev–Trinajstić information content (AvgIpc) is 2.83. The van der Waals surface area contributed by atoms with Gasteiger partial charge in [0, 0.05) is 12.6 Å². The highest BCUT2D eigenvalue weighted by Crippen LogP contribution is 2.39. The molecule has 28 heavy (non-hydrogen) atoms. The number of hydrogen-bond acceptors (Lipinski definition) is 6. The van der Waals surface area contributed by atoms with Gasteiger partial charge >= 0.3 is 16.6 Å². The monoisotopic (exact) mass is 427 g/mol. The number of halogens is 4. The number of nitrogens with one attached hydrogen (secondary N) is 2. The molecule has 1 saturated heterocycles. The lowest BCUT2D eigenvalue weighted by Crippen LogP contribution is -2.38. The Kier molecular flexibility index (Phi) is 5.42. The third-order valence-corrected chi connectivity index (χ3v) is 5.87. The number of aromatic hydroxyl groups is 1. The third kappa shape index (κ3) is 4.31. The second kappa shape index (κ2) is 7.37. The Bertz CT molecular complexity index is 891. The lowest BCUT2D eigenvalue weighted by Gasteiger charge is -2.28. The van der Waals surface area contributed by atoms with E-state index >= 15 is 4.39 Å². The van der Waals surface area contributed by atoms with Gasteiger partial charge in [0.1, 0.15) is 18.0 Å². The molecule has 1 fully saturated rings. The van der Waals surface area contributed by atoms with E-state index in [9.17, 15) is 31.5 Å². The molecule has 1 aliphatic heterocycles. The van der Waals surface area contributed by atoms with Gasteiger partial charge in [0.2, 0.25) is 0 Å². The summed E-state index contributed by atoms with van der Waals surface area (Å²) >= 11 is 0. The number of amides is 1. The molecule has 3 N–H and O–H groups in total. The zero-order valence-corrected chi connectivity index (χ0v) is 15.2. The SMILES string of the molecule is O=C1CN(c2c(O)cc3c(c2F)CC(NCCOC(F)(F)F)CC3)S(=O)(=O)N1. The molecular formula is C15H17F4N3O5S. The summed E-state index contributed by atoms with van der Waals surface area (Å²) in [4.78, 5) is 11.4. The molecule has 8 nitrogen and oxygen atoms in total. The van der Waals surface area contributed by atoms with Crippen molar-refractivity contribution in [3.05, 3.63) is 23.0 Å². The number of alkyl halides is 3. The highest BCUT2D eigenvalue weighted by Gasteiger charge is 2.39. The van der Waals surface area contributed by atoms with Gasteiger partial charge in [-0.1, -0.05) is 0 Å². The molecule has 1 aliphatic carbocycles. The number of benzene rings is 1. The molecule has 1 amide bonds. The van der Waals surface area contributed by atoms with Gasteiger partial charge in [0.25, 0.3) is 5.91 Å². The summed E-state index contributed by atoms with van der Waals surface area (Å²) in [6, 6.07) is 0.890. The maximum absolute atomic E-state index is 15.0. The second-order valence-electron chi connectivity index (χ2n) is 6.42. The zero-order chi connectivity index (χ0) is 20.7. The first-order chi connectivity index (χ1) is 13.0. The summed E-state index contributed by atoms with van der Waals surface area (Å²) < 4.78 is 80.7. The van der Waals surface area contributed by atoms with E-state index in [1.807, 2.05) is 0 Å². The number of nitrogens with zero attached hydrogens (tertiary/aromatic N) is 1.